The monoisotopic (exact) mass is 256 g/mol. The number of aliphatic hydroxyl groups is 3. The van der Waals surface area contributed by atoms with E-state index in [0.717, 1.165) is 12.0 Å². The summed E-state index contributed by atoms with van der Waals surface area (Å²) in [6, 6.07) is 5.27. The molecule has 18 heavy (non-hydrogen) atoms. The van der Waals surface area contributed by atoms with Crippen molar-refractivity contribution in [2.45, 2.75) is 12.5 Å². The molecular formula is C13H20O5. The fourth-order valence-electron chi connectivity index (χ4n) is 1.07. The summed E-state index contributed by atoms with van der Waals surface area (Å²) in [5, 5.41) is 33.3. The van der Waals surface area contributed by atoms with Crippen LogP contribution >= 0.6 is 0 Å². The van der Waals surface area contributed by atoms with Crippen molar-refractivity contribution in [1.82, 2.24) is 0 Å². The van der Waals surface area contributed by atoms with Gasteiger partial charge in [0.25, 0.3) is 0 Å². The van der Waals surface area contributed by atoms with Crippen LogP contribution in [0.2, 0.25) is 0 Å². The van der Waals surface area contributed by atoms with Crippen molar-refractivity contribution in [3.05, 3.63) is 36.4 Å². The quantitative estimate of drug-likeness (QED) is 0.575. The van der Waals surface area contributed by atoms with E-state index < -0.39 is 6.10 Å². The maximum atomic E-state index is 9.25. The number of ether oxygens (including phenoxy) is 1. The van der Waals surface area contributed by atoms with Crippen molar-refractivity contribution < 1.29 is 25.2 Å². The normalized spacial score (nSPS) is 9.61. The molecule has 1 rings (SSSR count). The van der Waals surface area contributed by atoms with E-state index in [4.69, 9.17) is 20.1 Å². The van der Waals surface area contributed by atoms with E-state index >= 15 is 0 Å². The molecule has 0 atom stereocenters. The molecule has 4 N–H and O–H groups in total. The highest BCUT2D eigenvalue weighted by molar-refractivity contribution is 5.42. The second kappa shape index (κ2) is 9.47. The molecule has 0 aromatic heterocycles. The Morgan fingerprint density at radius 1 is 1.33 bits per heavy atom. The number of benzene rings is 1. The Morgan fingerprint density at radius 2 is 1.94 bits per heavy atom. The smallest absolute Gasteiger partial charge is 0.160 e. The molecule has 0 aliphatic heterocycles. The zero-order valence-corrected chi connectivity index (χ0v) is 10.4. The van der Waals surface area contributed by atoms with Gasteiger partial charge in [0.05, 0.1) is 20.3 Å². The molecular weight excluding hydrogens is 236 g/mol. The highest BCUT2D eigenvalue weighted by Gasteiger charge is 2.00. The first kappa shape index (κ1) is 16.4. The van der Waals surface area contributed by atoms with Crippen LogP contribution in [0.3, 0.4) is 0 Å². The van der Waals surface area contributed by atoms with Gasteiger partial charge in [-0.15, -0.1) is 6.58 Å². The van der Waals surface area contributed by atoms with Gasteiger partial charge in [0.15, 0.2) is 11.5 Å². The van der Waals surface area contributed by atoms with Crippen molar-refractivity contribution in [2.75, 3.05) is 20.3 Å². The second-order valence-electron chi connectivity index (χ2n) is 3.52. The maximum absolute atomic E-state index is 9.25. The van der Waals surface area contributed by atoms with Crippen LogP contribution in [0.15, 0.2) is 30.9 Å². The Balaban J connectivity index is 0.000000411. The minimum absolute atomic E-state index is 0.172. The molecule has 0 amide bonds. The number of rotatable bonds is 5. The Bertz CT molecular complexity index is 347. The van der Waals surface area contributed by atoms with Crippen LogP contribution < -0.4 is 4.74 Å². The summed E-state index contributed by atoms with van der Waals surface area (Å²) >= 11 is 0. The van der Waals surface area contributed by atoms with E-state index in [9.17, 15) is 5.11 Å². The van der Waals surface area contributed by atoms with Gasteiger partial charge in [0.2, 0.25) is 0 Å². The number of aliphatic hydroxyl groups excluding tert-OH is 3. The number of hydrogen-bond donors (Lipinski definition) is 4. The molecule has 1 aromatic carbocycles. The summed E-state index contributed by atoms with van der Waals surface area (Å²) < 4.78 is 4.95. The van der Waals surface area contributed by atoms with Crippen LogP contribution in [0, 0.1) is 0 Å². The van der Waals surface area contributed by atoms with Gasteiger partial charge in [-0.2, -0.15) is 0 Å². The summed E-state index contributed by atoms with van der Waals surface area (Å²) in [7, 11) is 1.53. The Kier molecular flexibility index (Phi) is 8.65. The van der Waals surface area contributed by atoms with Crippen molar-refractivity contribution in [1.29, 1.82) is 0 Å². The van der Waals surface area contributed by atoms with Crippen LogP contribution in [0.1, 0.15) is 5.56 Å². The lowest BCUT2D eigenvalue weighted by Gasteiger charge is -2.04. The van der Waals surface area contributed by atoms with E-state index in [2.05, 4.69) is 6.58 Å². The summed E-state index contributed by atoms with van der Waals surface area (Å²) in [6.07, 6.45) is 1.65. The predicted octanol–water partition coefficient (Wildman–Crippen LogP) is 0.461. The zero-order valence-electron chi connectivity index (χ0n) is 10.4. The summed E-state index contributed by atoms with van der Waals surface area (Å²) in [4.78, 5) is 0. The predicted molar refractivity (Wildman–Crippen MR) is 68.7 cm³/mol. The second-order valence-corrected chi connectivity index (χ2v) is 3.52. The SMILES string of the molecule is C=CCc1ccc(O)c(OC)c1.OCC(O)CO. The van der Waals surface area contributed by atoms with E-state index in [0.29, 0.717) is 5.75 Å². The Morgan fingerprint density at radius 3 is 2.33 bits per heavy atom. The third-order valence-corrected chi connectivity index (χ3v) is 2.05. The first-order chi connectivity index (χ1) is 8.58. The molecule has 0 radical (unpaired) electrons. The van der Waals surface area contributed by atoms with Gasteiger partial charge in [0.1, 0.15) is 6.10 Å². The molecule has 5 heteroatoms. The lowest BCUT2D eigenvalue weighted by molar-refractivity contribution is 0.0450. The van der Waals surface area contributed by atoms with Gasteiger partial charge < -0.3 is 25.2 Å². The van der Waals surface area contributed by atoms with Gasteiger partial charge in [-0.25, -0.2) is 0 Å². The summed E-state index contributed by atoms with van der Waals surface area (Å²) in [5.41, 5.74) is 1.08. The van der Waals surface area contributed by atoms with E-state index in [1.165, 1.54) is 7.11 Å². The van der Waals surface area contributed by atoms with E-state index in [1.54, 1.807) is 12.1 Å². The fourth-order valence-corrected chi connectivity index (χ4v) is 1.07. The molecule has 0 aliphatic carbocycles. The standard InChI is InChI=1S/C10H12O2.C3H8O3/c1-3-4-8-5-6-9(11)10(7-8)12-2;4-1-3(6)2-5/h3,5-7,11H,1,4H2,2H3;3-6H,1-2H2. The highest BCUT2D eigenvalue weighted by atomic mass is 16.5. The van der Waals surface area contributed by atoms with Crippen molar-refractivity contribution >= 4 is 0 Å². The van der Waals surface area contributed by atoms with E-state index in [1.807, 2.05) is 12.1 Å². The lowest BCUT2D eigenvalue weighted by atomic mass is 10.1. The molecule has 0 saturated carbocycles. The number of allylic oxidation sites excluding steroid dienone is 1. The summed E-state index contributed by atoms with van der Waals surface area (Å²) in [6.45, 7) is 2.90. The van der Waals surface area contributed by atoms with Crippen LogP contribution in [0.25, 0.3) is 0 Å². The van der Waals surface area contributed by atoms with Crippen molar-refractivity contribution in [3.8, 4) is 11.5 Å². The van der Waals surface area contributed by atoms with Crippen molar-refractivity contribution in [2.24, 2.45) is 0 Å². The molecule has 1 aromatic rings. The number of methoxy groups -OCH3 is 1. The Hall–Kier alpha value is -1.56. The number of aromatic hydroxyl groups is 1. The molecule has 0 heterocycles. The van der Waals surface area contributed by atoms with Crippen molar-refractivity contribution in [3.63, 3.8) is 0 Å². The van der Waals surface area contributed by atoms with Crippen LogP contribution in [-0.4, -0.2) is 46.9 Å². The average Bonchev–Trinajstić information content (AvgIpc) is 2.41. The molecule has 0 fully saturated rings. The minimum Gasteiger partial charge on any atom is -0.504 e. The van der Waals surface area contributed by atoms with Gasteiger partial charge in [0, 0.05) is 0 Å². The first-order valence-electron chi connectivity index (χ1n) is 5.45. The van der Waals surface area contributed by atoms with Gasteiger partial charge in [-0.05, 0) is 24.1 Å². The fraction of sp³-hybridized carbons (Fsp3) is 0.385. The van der Waals surface area contributed by atoms with Gasteiger partial charge >= 0.3 is 0 Å². The lowest BCUT2D eigenvalue weighted by Crippen LogP contribution is -2.15. The third-order valence-electron chi connectivity index (χ3n) is 2.05. The molecule has 0 saturated heterocycles. The molecule has 102 valence electrons. The molecule has 0 unspecified atom stereocenters. The highest BCUT2D eigenvalue weighted by Crippen LogP contribution is 2.26. The minimum atomic E-state index is -0.954. The topological polar surface area (TPSA) is 90.2 Å². The van der Waals surface area contributed by atoms with Gasteiger partial charge in [-0.3, -0.25) is 0 Å². The van der Waals surface area contributed by atoms with Crippen LogP contribution in [0.5, 0.6) is 11.5 Å². The Labute approximate surface area is 107 Å². The zero-order chi connectivity index (χ0) is 14.0. The first-order valence-corrected chi connectivity index (χ1v) is 5.45. The van der Waals surface area contributed by atoms with Crippen LogP contribution in [0.4, 0.5) is 0 Å². The molecule has 0 aliphatic rings. The average molecular weight is 256 g/mol. The van der Waals surface area contributed by atoms with E-state index in [-0.39, 0.29) is 19.0 Å². The third kappa shape index (κ3) is 6.24. The molecule has 0 spiro atoms. The number of phenolic OH excluding ortho intramolecular Hbond substituents is 1. The maximum Gasteiger partial charge on any atom is 0.160 e. The number of phenols is 1. The van der Waals surface area contributed by atoms with Crippen LogP contribution in [-0.2, 0) is 6.42 Å². The number of hydrogen-bond acceptors (Lipinski definition) is 5. The molecule has 5 nitrogen and oxygen atoms in total. The molecule has 0 bridgehead atoms. The largest absolute Gasteiger partial charge is 0.504 e. The van der Waals surface area contributed by atoms with Gasteiger partial charge in [-0.1, -0.05) is 12.1 Å². The summed E-state index contributed by atoms with van der Waals surface area (Å²) in [5.74, 6) is 0.680.